The lowest BCUT2D eigenvalue weighted by Gasteiger charge is -2.04. The van der Waals surface area contributed by atoms with E-state index in [1.54, 1.807) is 6.26 Å². The van der Waals surface area contributed by atoms with Crippen LogP contribution in [0.25, 0.3) is 33.3 Å². The molecule has 0 saturated heterocycles. The molecule has 0 unspecified atom stereocenters. The number of benzene rings is 2. The second kappa shape index (κ2) is 9.64. The third-order valence-corrected chi connectivity index (χ3v) is 5.19. The number of nitrogens with zero attached hydrogens (tertiary/aromatic N) is 3. The highest BCUT2D eigenvalue weighted by molar-refractivity contribution is 7.79. The van der Waals surface area contributed by atoms with E-state index in [9.17, 15) is 0 Å². The zero-order chi connectivity index (χ0) is 21.6. The molecule has 0 amide bonds. The Labute approximate surface area is 187 Å². The standard InChI is InChI=1S/C24H21N5.CH4S/c25-11-17-6-8-19(9-7-17)20-10-22-23(14-27-24(22)26-12-20)21-13-28-29(16-21)15-18-4-2-1-3-5-18;1-2/h1-10,12-14,16H,11,15,25H2,(H,26,27);2H,1H3. The number of H-pyrrole nitrogens is 1. The molecule has 5 rings (SSSR count). The van der Waals surface area contributed by atoms with Gasteiger partial charge < -0.3 is 10.7 Å². The van der Waals surface area contributed by atoms with Gasteiger partial charge in [0.1, 0.15) is 5.65 Å². The predicted octanol–water partition coefficient (Wildman–Crippen LogP) is 5.15. The molecule has 5 nitrogen and oxygen atoms in total. The number of hydrogen-bond donors (Lipinski definition) is 3. The van der Waals surface area contributed by atoms with Crippen LogP contribution in [0.15, 0.2) is 85.5 Å². The first-order valence-electron chi connectivity index (χ1n) is 10.1. The van der Waals surface area contributed by atoms with Crippen LogP contribution in [0, 0.1) is 0 Å². The van der Waals surface area contributed by atoms with Crippen LogP contribution in [0.1, 0.15) is 11.1 Å². The summed E-state index contributed by atoms with van der Waals surface area (Å²) in [4.78, 5) is 7.89. The van der Waals surface area contributed by atoms with Gasteiger partial charge >= 0.3 is 0 Å². The van der Waals surface area contributed by atoms with E-state index in [1.807, 2.05) is 41.5 Å². The maximum absolute atomic E-state index is 5.71. The molecule has 3 heterocycles. The van der Waals surface area contributed by atoms with E-state index in [4.69, 9.17) is 5.73 Å². The Morgan fingerprint density at radius 3 is 2.42 bits per heavy atom. The third-order valence-electron chi connectivity index (χ3n) is 5.19. The minimum absolute atomic E-state index is 0.548. The van der Waals surface area contributed by atoms with Gasteiger partial charge in [0.2, 0.25) is 0 Å². The van der Waals surface area contributed by atoms with E-state index in [0.29, 0.717) is 6.54 Å². The second-order valence-electron chi connectivity index (χ2n) is 7.14. The molecule has 0 fully saturated rings. The minimum atomic E-state index is 0.548. The van der Waals surface area contributed by atoms with Crippen LogP contribution in [0.4, 0.5) is 0 Å². The van der Waals surface area contributed by atoms with Crippen molar-refractivity contribution >= 4 is 23.7 Å². The monoisotopic (exact) mass is 427 g/mol. The number of fused-ring (bicyclic) bond motifs is 1. The quantitative estimate of drug-likeness (QED) is 0.340. The number of thiol groups is 1. The fourth-order valence-corrected chi connectivity index (χ4v) is 3.59. The lowest BCUT2D eigenvalue weighted by Crippen LogP contribution is -1.99. The molecular formula is C25H25N5S. The molecule has 31 heavy (non-hydrogen) atoms. The zero-order valence-electron chi connectivity index (χ0n) is 17.4. The van der Waals surface area contributed by atoms with Gasteiger partial charge in [0, 0.05) is 47.2 Å². The van der Waals surface area contributed by atoms with Crippen molar-refractivity contribution in [3.63, 3.8) is 0 Å². The highest BCUT2D eigenvalue weighted by atomic mass is 32.1. The summed E-state index contributed by atoms with van der Waals surface area (Å²) in [6.45, 7) is 1.30. The van der Waals surface area contributed by atoms with Crippen LogP contribution in [-0.4, -0.2) is 26.0 Å². The van der Waals surface area contributed by atoms with Crippen LogP contribution in [0.3, 0.4) is 0 Å². The summed E-state index contributed by atoms with van der Waals surface area (Å²) >= 11 is 3.53. The van der Waals surface area contributed by atoms with Gasteiger partial charge in [-0.25, -0.2) is 4.98 Å². The van der Waals surface area contributed by atoms with Crippen LogP contribution in [0.2, 0.25) is 0 Å². The summed E-state index contributed by atoms with van der Waals surface area (Å²) in [5, 5.41) is 5.63. The molecular weight excluding hydrogens is 402 g/mol. The van der Waals surface area contributed by atoms with Crippen LogP contribution in [-0.2, 0) is 13.1 Å². The molecule has 0 saturated carbocycles. The molecule has 3 N–H and O–H groups in total. The predicted molar refractivity (Wildman–Crippen MR) is 131 cm³/mol. The lowest BCUT2D eigenvalue weighted by molar-refractivity contribution is 0.687. The van der Waals surface area contributed by atoms with Gasteiger partial charge in [0.15, 0.2) is 0 Å². The van der Waals surface area contributed by atoms with E-state index < -0.39 is 0 Å². The molecule has 2 aromatic carbocycles. The van der Waals surface area contributed by atoms with E-state index in [2.05, 4.69) is 76.4 Å². The lowest BCUT2D eigenvalue weighted by atomic mass is 10.0. The van der Waals surface area contributed by atoms with Crippen molar-refractivity contribution < 1.29 is 0 Å². The Morgan fingerprint density at radius 2 is 1.68 bits per heavy atom. The van der Waals surface area contributed by atoms with Gasteiger partial charge in [-0.15, -0.1) is 0 Å². The van der Waals surface area contributed by atoms with Crippen LogP contribution < -0.4 is 5.73 Å². The number of aromatic amines is 1. The second-order valence-corrected chi connectivity index (χ2v) is 7.14. The first-order chi connectivity index (χ1) is 15.3. The number of pyridine rings is 1. The van der Waals surface area contributed by atoms with Crippen molar-refractivity contribution in [3.05, 3.63) is 96.6 Å². The Hall–Kier alpha value is -3.35. The third kappa shape index (κ3) is 4.55. The Morgan fingerprint density at radius 1 is 0.903 bits per heavy atom. The first kappa shape index (κ1) is 20.9. The summed E-state index contributed by atoms with van der Waals surface area (Å²) in [7, 11) is 0. The molecule has 0 aliphatic rings. The largest absolute Gasteiger partial charge is 0.346 e. The molecule has 3 aromatic heterocycles. The SMILES string of the molecule is CS.NCc1ccc(-c2cnc3[nH]cc(-c4cnn(Cc5ccccc5)c4)c3c2)cc1. The molecule has 0 aliphatic heterocycles. The Bertz CT molecular complexity index is 1260. The van der Waals surface area contributed by atoms with Crippen molar-refractivity contribution in [1.29, 1.82) is 0 Å². The average Bonchev–Trinajstić information content (AvgIpc) is 3.47. The number of nitrogens with two attached hydrogens (primary N) is 1. The van der Waals surface area contributed by atoms with Gasteiger partial charge in [-0.3, -0.25) is 4.68 Å². The van der Waals surface area contributed by atoms with Crippen molar-refractivity contribution in [2.24, 2.45) is 5.73 Å². The molecule has 5 aromatic rings. The summed E-state index contributed by atoms with van der Waals surface area (Å²) < 4.78 is 1.96. The highest BCUT2D eigenvalue weighted by Gasteiger charge is 2.11. The van der Waals surface area contributed by atoms with E-state index in [1.165, 1.54) is 5.56 Å². The normalized spacial score (nSPS) is 10.7. The molecule has 0 radical (unpaired) electrons. The molecule has 0 spiro atoms. The maximum atomic E-state index is 5.71. The number of nitrogens with one attached hydrogen (secondary N) is 1. The van der Waals surface area contributed by atoms with Crippen LogP contribution in [0.5, 0.6) is 0 Å². The van der Waals surface area contributed by atoms with E-state index in [0.717, 1.165) is 45.4 Å². The van der Waals surface area contributed by atoms with Gasteiger partial charge in [0.05, 0.1) is 12.7 Å². The summed E-state index contributed by atoms with van der Waals surface area (Å²) in [6.07, 6.45) is 9.59. The number of hydrogen-bond acceptors (Lipinski definition) is 4. The maximum Gasteiger partial charge on any atom is 0.137 e. The first-order valence-corrected chi connectivity index (χ1v) is 11.0. The molecule has 0 bridgehead atoms. The summed E-state index contributed by atoms with van der Waals surface area (Å²) in [6, 6.07) is 20.8. The van der Waals surface area contributed by atoms with Crippen LogP contribution >= 0.6 is 12.6 Å². The number of aromatic nitrogens is 4. The molecule has 156 valence electrons. The van der Waals surface area contributed by atoms with Crippen molar-refractivity contribution in [3.8, 4) is 22.3 Å². The highest BCUT2D eigenvalue weighted by Crippen LogP contribution is 2.31. The number of rotatable bonds is 5. The zero-order valence-corrected chi connectivity index (χ0v) is 18.3. The smallest absolute Gasteiger partial charge is 0.137 e. The van der Waals surface area contributed by atoms with Crippen molar-refractivity contribution in [2.45, 2.75) is 13.1 Å². The van der Waals surface area contributed by atoms with Crippen molar-refractivity contribution in [1.82, 2.24) is 19.7 Å². The van der Waals surface area contributed by atoms with Crippen molar-refractivity contribution in [2.75, 3.05) is 6.26 Å². The minimum Gasteiger partial charge on any atom is -0.346 e. The Kier molecular flexibility index (Phi) is 6.50. The fraction of sp³-hybridized carbons (Fsp3) is 0.120. The molecule has 0 atom stereocenters. The topological polar surface area (TPSA) is 72.5 Å². The average molecular weight is 428 g/mol. The summed E-state index contributed by atoms with van der Waals surface area (Å²) in [5.41, 5.74) is 13.3. The fourth-order valence-electron chi connectivity index (χ4n) is 3.59. The van der Waals surface area contributed by atoms with E-state index >= 15 is 0 Å². The molecule has 0 aliphatic carbocycles. The van der Waals surface area contributed by atoms with Gasteiger partial charge in [-0.1, -0.05) is 54.6 Å². The van der Waals surface area contributed by atoms with Gasteiger partial charge in [-0.2, -0.15) is 17.7 Å². The van der Waals surface area contributed by atoms with Gasteiger partial charge in [-0.05, 0) is 29.0 Å². The van der Waals surface area contributed by atoms with Gasteiger partial charge in [0.25, 0.3) is 0 Å². The molecule has 6 heteroatoms. The summed E-state index contributed by atoms with van der Waals surface area (Å²) in [5.74, 6) is 0. The van der Waals surface area contributed by atoms with E-state index in [-0.39, 0.29) is 0 Å². The Balaban J connectivity index is 0.00000112.